The zero-order valence-corrected chi connectivity index (χ0v) is 10.7. The molecule has 0 saturated heterocycles. The third-order valence-corrected chi connectivity index (χ3v) is 3.68. The van der Waals surface area contributed by atoms with Crippen LogP contribution >= 0.6 is 11.3 Å². The van der Waals surface area contributed by atoms with Gasteiger partial charge in [-0.3, -0.25) is 11.3 Å². The van der Waals surface area contributed by atoms with Crippen LogP contribution in [-0.4, -0.2) is 12.1 Å². The lowest BCUT2D eigenvalue weighted by Gasteiger charge is -2.04. The Balaban J connectivity index is 2.42. The summed E-state index contributed by atoms with van der Waals surface area (Å²) in [6, 6.07) is 7.88. The molecule has 90 valence electrons. The third-order valence-electron chi connectivity index (χ3n) is 2.49. The molecule has 0 unspecified atom stereocenters. The Labute approximate surface area is 104 Å². The van der Waals surface area contributed by atoms with E-state index in [9.17, 15) is 0 Å². The summed E-state index contributed by atoms with van der Waals surface area (Å²) in [4.78, 5) is 5.70. The number of rotatable bonds is 4. The molecule has 5 heteroatoms. The summed E-state index contributed by atoms with van der Waals surface area (Å²) in [5.41, 5.74) is 4.69. The number of benzene rings is 1. The van der Waals surface area contributed by atoms with Crippen molar-refractivity contribution in [3.8, 4) is 16.3 Å². The first-order valence-electron chi connectivity index (χ1n) is 5.29. The summed E-state index contributed by atoms with van der Waals surface area (Å²) in [5, 5.41) is 0.963. The average Bonchev–Trinajstić information content (AvgIpc) is 2.71. The van der Waals surface area contributed by atoms with Crippen LogP contribution in [-0.2, 0) is 6.54 Å². The number of aryl methyl sites for hydroxylation is 1. The van der Waals surface area contributed by atoms with Gasteiger partial charge in [0.1, 0.15) is 10.8 Å². The monoisotopic (exact) mass is 249 g/mol. The van der Waals surface area contributed by atoms with E-state index in [1.54, 1.807) is 18.4 Å². The van der Waals surface area contributed by atoms with E-state index < -0.39 is 0 Å². The number of hydrogen-bond donors (Lipinski definition) is 2. The lowest BCUT2D eigenvalue weighted by Crippen LogP contribution is -2.20. The maximum Gasteiger partial charge on any atom is 0.129 e. The van der Waals surface area contributed by atoms with Crippen LogP contribution in [0.1, 0.15) is 10.6 Å². The second kappa shape index (κ2) is 5.27. The number of ether oxygens (including phenoxy) is 1. The first-order valence-corrected chi connectivity index (χ1v) is 6.11. The van der Waals surface area contributed by atoms with Crippen molar-refractivity contribution in [2.75, 3.05) is 7.11 Å². The van der Waals surface area contributed by atoms with Crippen molar-refractivity contribution >= 4 is 11.3 Å². The van der Waals surface area contributed by atoms with Crippen LogP contribution < -0.4 is 16.0 Å². The van der Waals surface area contributed by atoms with E-state index in [0.717, 1.165) is 26.9 Å². The molecule has 0 saturated carbocycles. The molecule has 0 amide bonds. The molecule has 0 atom stereocenters. The van der Waals surface area contributed by atoms with Gasteiger partial charge in [-0.1, -0.05) is 12.1 Å². The maximum atomic E-state index is 5.34. The van der Waals surface area contributed by atoms with Gasteiger partial charge in [0.15, 0.2) is 0 Å². The Hall–Kier alpha value is -1.43. The predicted molar refractivity (Wildman–Crippen MR) is 69.9 cm³/mol. The molecule has 0 aliphatic carbocycles. The Bertz CT molecular complexity index is 510. The fraction of sp³-hybridized carbons (Fsp3) is 0.250. The van der Waals surface area contributed by atoms with E-state index in [1.807, 2.05) is 31.2 Å². The van der Waals surface area contributed by atoms with Crippen molar-refractivity contribution < 1.29 is 4.74 Å². The molecule has 0 aliphatic rings. The van der Waals surface area contributed by atoms with E-state index in [2.05, 4.69) is 10.4 Å². The van der Waals surface area contributed by atoms with Crippen molar-refractivity contribution in [2.24, 2.45) is 5.84 Å². The van der Waals surface area contributed by atoms with E-state index in [4.69, 9.17) is 10.6 Å². The van der Waals surface area contributed by atoms with Gasteiger partial charge < -0.3 is 4.74 Å². The minimum absolute atomic E-state index is 0.638. The number of hydrazine groups is 1. The van der Waals surface area contributed by atoms with Crippen LogP contribution in [0.3, 0.4) is 0 Å². The van der Waals surface area contributed by atoms with Gasteiger partial charge in [0.05, 0.1) is 18.4 Å². The number of nitrogens with one attached hydrogen (secondary N) is 1. The van der Waals surface area contributed by atoms with Crippen molar-refractivity contribution in [1.82, 2.24) is 10.4 Å². The number of aromatic nitrogens is 1. The Morgan fingerprint density at radius 1 is 1.41 bits per heavy atom. The van der Waals surface area contributed by atoms with Crippen molar-refractivity contribution in [2.45, 2.75) is 13.5 Å². The van der Waals surface area contributed by atoms with Crippen molar-refractivity contribution in [3.05, 3.63) is 34.8 Å². The Morgan fingerprint density at radius 2 is 2.18 bits per heavy atom. The Kier molecular flexibility index (Phi) is 3.73. The molecular formula is C12H15N3OS. The molecule has 1 aromatic carbocycles. The van der Waals surface area contributed by atoms with Crippen molar-refractivity contribution in [1.29, 1.82) is 0 Å². The zero-order valence-electron chi connectivity index (χ0n) is 9.86. The van der Waals surface area contributed by atoms with E-state index in [-0.39, 0.29) is 0 Å². The van der Waals surface area contributed by atoms with E-state index in [1.165, 1.54) is 0 Å². The summed E-state index contributed by atoms with van der Waals surface area (Å²) in [6.07, 6.45) is 0. The maximum absolute atomic E-state index is 5.34. The summed E-state index contributed by atoms with van der Waals surface area (Å²) >= 11 is 1.63. The van der Waals surface area contributed by atoms with Crippen LogP contribution in [0.15, 0.2) is 24.3 Å². The van der Waals surface area contributed by atoms with Crippen LogP contribution in [0.25, 0.3) is 10.6 Å². The highest BCUT2D eigenvalue weighted by Gasteiger charge is 2.12. The fourth-order valence-corrected chi connectivity index (χ4v) is 2.66. The third kappa shape index (κ3) is 2.46. The zero-order chi connectivity index (χ0) is 12.3. The molecule has 0 fully saturated rings. The molecular weight excluding hydrogens is 234 g/mol. The van der Waals surface area contributed by atoms with E-state index >= 15 is 0 Å². The van der Waals surface area contributed by atoms with Crippen LogP contribution in [0.4, 0.5) is 0 Å². The van der Waals surface area contributed by atoms with Crippen LogP contribution in [0.5, 0.6) is 5.75 Å². The predicted octanol–water partition coefficient (Wildman–Crippen LogP) is 2.09. The quantitative estimate of drug-likeness (QED) is 0.643. The standard InChI is InChI=1S/C12H15N3OS/c1-8-11(7-14-13)17-12(15-8)9-5-3-4-6-10(9)16-2/h3-6,14H,7,13H2,1-2H3. The minimum atomic E-state index is 0.638. The minimum Gasteiger partial charge on any atom is -0.496 e. The van der Waals surface area contributed by atoms with Gasteiger partial charge in [-0.2, -0.15) is 0 Å². The van der Waals surface area contributed by atoms with Gasteiger partial charge in [-0.05, 0) is 19.1 Å². The smallest absolute Gasteiger partial charge is 0.129 e. The molecule has 0 radical (unpaired) electrons. The topological polar surface area (TPSA) is 60.2 Å². The fourth-order valence-electron chi connectivity index (χ4n) is 1.62. The lowest BCUT2D eigenvalue weighted by atomic mass is 10.2. The van der Waals surface area contributed by atoms with Gasteiger partial charge in [-0.25, -0.2) is 4.98 Å². The first-order chi connectivity index (χ1) is 8.26. The highest BCUT2D eigenvalue weighted by molar-refractivity contribution is 7.15. The number of thiazole rings is 1. The molecule has 4 nitrogen and oxygen atoms in total. The highest BCUT2D eigenvalue weighted by Crippen LogP contribution is 2.33. The molecule has 2 rings (SSSR count). The van der Waals surface area contributed by atoms with Crippen LogP contribution in [0, 0.1) is 6.92 Å². The summed E-state index contributed by atoms with van der Waals surface area (Å²) in [5.74, 6) is 6.18. The normalized spacial score (nSPS) is 10.5. The molecule has 0 spiro atoms. The Morgan fingerprint density at radius 3 is 2.88 bits per heavy atom. The highest BCUT2D eigenvalue weighted by atomic mass is 32.1. The lowest BCUT2D eigenvalue weighted by molar-refractivity contribution is 0.416. The SMILES string of the molecule is COc1ccccc1-c1nc(C)c(CNN)s1. The number of para-hydroxylation sites is 1. The number of hydrogen-bond acceptors (Lipinski definition) is 5. The van der Waals surface area contributed by atoms with E-state index in [0.29, 0.717) is 6.54 Å². The molecule has 17 heavy (non-hydrogen) atoms. The molecule has 0 bridgehead atoms. The van der Waals surface area contributed by atoms with Gasteiger partial charge in [0.2, 0.25) is 0 Å². The number of methoxy groups -OCH3 is 1. The molecule has 1 aromatic heterocycles. The largest absolute Gasteiger partial charge is 0.496 e. The van der Waals surface area contributed by atoms with Crippen molar-refractivity contribution in [3.63, 3.8) is 0 Å². The summed E-state index contributed by atoms with van der Waals surface area (Å²) in [6.45, 7) is 2.63. The molecule has 0 aliphatic heterocycles. The number of nitrogens with zero attached hydrogens (tertiary/aromatic N) is 1. The second-order valence-electron chi connectivity index (χ2n) is 3.61. The summed E-state index contributed by atoms with van der Waals surface area (Å²) in [7, 11) is 1.67. The van der Waals surface area contributed by atoms with Gasteiger partial charge in [0.25, 0.3) is 0 Å². The van der Waals surface area contributed by atoms with Gasteiger partial charge >= 0.3 is 0 Å². The van der Waals surface area contributed by atoms with Gasteiger partial charge in [0, 0.05) is 11.4 Å². The first kappa shape index (κ1) is 12.0. The van der Waals surface area contributed by atoms with Crippen LogP contribution in [0.2, 0.25) is 0 Å². The summed E-state index contributed by atoms with van der Waals surface area (Å²) < 4.78 is 5.34. The van der Waals surface area contributed by atoms with Gasteiger partial charge in [-0.15, -0.1) is 11.3 Å². The molecule has 1 heterocycles. The number of nitrogens with two attached hydrogens (primary N) is 1. The molecule has 3 N–H and O–H groups in total. The second-order valence-corrected chi connectivity index (χ2v) is 4.69. The average molecular weight is 249 g/mol. The molecule has 2 aromatic rings.